The number of furan rings is 1. The number of anilines is 2. The first-order valence-corrected chi connectivity index (χ1v) is 13.6. The van der Waals surface area contributed by atoms with Gasteiger partial charge in [-0.05, 0) is 61.7 Å². The van der Waals surface area contributed by atoms with E-state index in [1.807, 2.05) is 19.1 Å². The van der Waals surface area contributed by atoms with Crippen molar-refractivity contribution in [2.45, 2.75) is 19.8 Å². The van der Waals surface area contributed by atoms with Crippen LogP contribution in [0.15, 0.2) is 59.4 Å². The van der Waals surface area contributed by atoms with Crippen LogP contribution < -0.4 is 20.9 Å². The Hall–Kier alpha value is -3.69. The Morgan fingerprint density at radius 3 is 2.51 bits per heavy atom. The average Bonchev–Trinajstić information content (AvgIpc) is 3.35. The van der Waals surface area contributed by atoms with Gasteiger partial charge < -0.3 is 30.2 Å². The topological polar surface area (TPSA) is 107 Å². The number of hydrogen-bond donors (Lipinski definition) is 3. The summed E-state index contributed by atoms with van der Waals surface area (Å²) in [4.78, 5) is 42.1. The van der Waals surface area contributed by atoms with Crippen molar-refractivity contribution < 1.29 is 18.8 Å². The molecule has 1 aliphatic heterocycles. The maximum atomic E-state index is 13.0. The lowest BCUT2D eigenvalue weighted by Crippen LogP contribution is -2.42. The van der Waals surface area contributed by atoms with Gasteiger partial charge >= 0.3 is 6.03 Å². The molecule has 4 amide bonds. The predicted molar refractivity (Wildman–Crippen MR) is 153 cm³/mol. The van der Waals surface area contributed by atoms with E-state index in [2.05, 4.69) is 20.9 Å². The number of nitrogens with zero attached hydrogens (tertiary/aromatic N) is 2. The first kappa shape index (κ1) is 28.3. The fourth-order valence-electron chi connectivity index (χ4n) is 4.40. The smallest absolute Gasteiger partial charge is 0.317 e. The van der Waals surface area contributed by atoms with Crippen molar-refractivity contribution in [3.8, 4) is 0 Å². The Balaban J connectivity index is 1.50. The van der Waals surface area contributed by atoms with Crippen molar-refractivity contribution in [1.29, 1.82) is 0 Å². The second kappa shape index (κ2) is 13.4. The molecule has 2 aromatic carbocycles. The van der Waals surface area contributed by atoms with Gasteiger partial charge in [0.15, 0.2) is 0 Å². The van der Waals surface area contributed by atoms with Gasteiger partial charge in [-0.2, -0.15) is 0 Å². The standard InChI is InChI=1S/C28H31Cl2N5O4/c1-2-31-28(38)35-12-3-11-34(13-14-35)25-7-5-20(16-24(25)33-27(37)21-9-15-39-18-21)26(36)32-10-8-19-4-6-22(29)17-23(19)30/h4-7,9,15-18H,2-3,8,10-14H2,1H3,(H,31,38)(H,32,36)(H,33,37). The number of urea groups is 1. The van der Waals surface area contributed by atoms with E-state index in [4.69, 9.17) is 27.6 Å². The van der Waals surface area contributed by atoms with Crippen molar-refractivity contribution in [3.63, 3.8) is 0 Å². The molecule has 1 saturated heterocycles. The third kappa shape index (κ3) is 7.46. The molecule has 0 radical (unpaired) electrons. The molecule has 11 heteroatoms. The highest BCUT2D eigenvalue weighted by Gasteiger charge is 2.22. The number of benzene rings is 2. The summed E-state index contributed by atoms with van der Waals surface area (Å²) >= 11 is 12.2. The number of amides is 4. The Bertz CT molecular complexity index is 1320. The van der Waals surface area contributed by atoms with Crippen LogP contribution >= 0.6 is 23.2 Å². The molecule has 3 aromatic rings. The van der Waals surface area contributed by atoms with Crippen LogP contribution in [0.5, 0.6) is 0 Å². The average molecular weight is 572 g/mol. The third-order valence-corrected chi connectivity index (χ3v) is 7.02. The highest BCUT2D eigenvalue weighted by molar-refractivity contribution is 6.35. The van der Waals surface area contributed by atoms with E-state index in [1.54, 1.807) is 35.2 Å². The largest absolute Gasteiger partial charge is 0.472 e. The van der Waals surface area contributed by atoms with Gasteiger partial charge in [-0.1, -0.05) is 29.3 Å². The predicted octanol–water partition coefficient (Wildman–Crippen LogP) is 5.05. The molecule has 0 saturated carbocycles. The van der Waals surface area contributed by atoms with Crippen LogP contribution in [0.1, 0.15) is 39.6 Å². The summed E-state index contributed by atoms with van der Waals surface area (Å²) < 4.78 is 5.05. The minimum atomic E-state index is -0.348. The molecule has 1 fully saturated rings. The van der Waals surface area contributed by atoms with E-state index >= 15 is 0 Å². The summed E-state index contributed by atoms with van der Waals surface area (Å²) in [6.07, 6.45) is 4.10. The molecule has 3 N–H and O–H groups in total. The molecule has 206 valence electrons. The number of rotatable bonds is 8. The van der Waals surface area contributed by atoms with Crippen molar-refractivity contribution in [1.82, 2.24) is 15.5 Å². The molecule has 0 atom stereocenters. The van der Waals surface area contributed by atoms with E-state index in [1.165, 1.54) is 12.5 Å². The molecule has 1 aromatic heterocycles. The Morgan fingerprint density at radius 2 is 1.77 bits per heavy atom. The first-order chi connectivity index (χ1) is 18.9. The molecule has 0 aliphatic carbocycles. The van der Waals surface area contributed by atoms with Crippen LogP contribution in [0.4, 0.5) is 16.2 Å². The fourth-order valence-corrected chi connectivity index (χ4v) is 4.91. The molecule has 39 heavy (non-hydrogen) atoms. The summed E-state index contributed by atoms with van der Waals surface area (Å²) in [5.74, 6) is -0.623. The van der Waals surface area contributed by atoms with Gasteiger partial charge in [0, 0.05) is 54.9 Å². The maximum absolute atomic E-state index is 13.0. The molecule has 0 bridgehead atoms. The van der Waals surface area contributed by atoms with Crippen LogP contribution in [0.25, 0.3) is 0 Å². The van der Waals surface area contributed by atoms with E-state index < -0.39 is 0 Å². The minimum absolute atomic E-state index is 0.0836. The molecular formula is C28H31Cl2N5O4. The summed E-state index contributed by atoms with van der Waals surface area (Å²) in [5, 5.41) is 9.80. The summed E-state index contributed by atoms with van der Waals surface area (Å²) in [5.41, 5.74) is 2.93. The van der Waals surface area contributed by atoms with Gasteiger partial charge in [0.2, 0.25) is 0 Å². The van der Waals surface area contributed by atoms with Crippen LogP contribution in [-0.2, 0) is 6.42 Å². The molecule has 4 rings (SSSR count). The summed E-state index contributed by atoms with van der Waals surface area (Å²) in [6, 6.07) is 12.0. The normalized spacial score (nSPS) is 13.5. The van der Waals surface area contributed by atoms with Crippen molar-refractivity contribution in [3.05, 3.63) is 81.7 Å². The zero-order chi connectivity index (χ0) is 27.8. The van der Waals surface area contributed by atoms with E-state index in [9.17, 15) is 14.4 Å². The molecular weight excluding hydrogens is 541 g/mol. The van der Waals surface area contributed by atoms with E-state index in [0.29, 0.717) is 72.5 Å². The van der Waals surface area contributed by atoms with Gasteiger partial charge in [-0.25, -0.2) is 4.79 Å². The zero-order valence-electron chi connectivity index (χ0n) is 21.6. The van der Waals surface area contributed by atoms with Crippen LogP contribution in [0.2, 0.25) is 10.0 Å². The van der Waals surface area contributed by atoms with Crippen LogP contribution in [-0.4, -0.2) is 62.0 Å². The van der Waals surface area contributed by atoms with Crippen molar-refractivity contribution in [2.24, 2.45) is 0 Å². The molecule has 9 nitrogen and oxygen atoms in total. The number of hydrogen-bond acceptors (Lipinski definition) is 5. The number of carbonyl (C=O) groups is 3. The molecule has 0 unspecified atom stereocenters. The van der Waals surface area contributed by atoms with Crippen LogP contribution in [0, 0.1) is 0 Å². The van der Waals surface area contributed by atoms with E-state index in [-0.39, 0.29) is 17.8 Å². The fraction of sp³-hybridized carbons (Fsp3) is 0.321. The van der Waals surface area contributed by atoms with E-state index in [0.717, 1.165) is 17.7 Å². The van der Waals surface area contributed by atoms with Gasteiger partial charge in [0.25, 0.3) is 11.8 Å². The molecule has 1 aliphatic rings. The van der Waals surface area contributed by atoms with Crippen molar-refractivity contribution >= 4 is 52.4 Å². The molecule has 2 heterocycles. The van der Waals surface area contributed by atoms with Gasteiger partial charge in [0.05, 0.1) is 23.2 Å². The highest BCUT2D eigenvalue weighted by atomic mass is 35.5. The summed E-state index contributed by atoms with van der Waals surface area (Å²) in [6.45, 7) is 5.28. The Kier molecular flexibility index (Phi) is 9.73. The second-order valence-electron chi connectivity index (χ2n) is 9.10. The monoisotopic (exact) mass is 571 g/mol. The third-order valence-electron chi connectivity index (χ3n) is 6.44. The van der Waals surface area contributed by atoms with Crippen LogP contribution in [0.3, 0.4) is 0 Å². The zero-order valence-corrected chi connectivity index (χ0v) is 23.1. The van der Waals surface area contributed by atoms with Crippen molar-refractivity contribution in [2.75, 3.05) is 49.5 Å². The first-order valence-electron chi connectivity index (χ1n) is 12.8. The summed E-state index contributed by atoms with van der Waals surface area (Å²) in [7, 11) is 0. The Labute approximate surface area is 237 Å². The van der Waals surface area contributed by atoms with Gasteiger partial charge in [0.1, 0.15) is 6.26 Å². The number of halogens is 2. The number of carbonyl (C=O) groups excluding carboxylic acids is 3. The Morgan fingerprint density at radius 1 is 0.923 bits per heavy atom. The van der Waals surface area contributed by atoms with Gasteiger partial charge in [-0.3, -0.25) is 9.59 Å². The SMILES string of the molecule is CCNC(=O)N1CCCN(c2ccc(C(=O)NCCc3ccc(Cl)cc3Cl)cc2NC(=O)c2ccoc2)CC1. The maximum Gasteiger partial charge on any atom is 0.317 e. The minimum Gasteiger partial charge on any atom is -0.472 e. The van der Waals surface area contributed by atoms with Gasteiger partial charge in [-0.15, -0.1) is 0 Å². The lowest BCUT2D eigenvalue weighted by Gasteiger charge is -2.26. The lowest BCUT2D eigenvalue weighted by molar-refractivity contribution is 0.0952. The highest BCUT2D eigenvalue weighted by Crippen LogP contribution is 2.29. The molecule has 0 spiro atoms. The quantitative estimate of drug-likeness (QED) is 0.350. The second-order valence-corrected chi connectivity index (χ2v) is 9.95. The lowest BCUT2D eigenvalue weighted by atomic mass is 10.1. The number of nitrogens with one attached hydrogen (secondary N) is 3.